The van der Waals surface area contributed by atoms with Gasteiger partial charge < -0.3 is 15.2 Å². The van der Waals surface area contributed by atoms with Crippen LogP contribution in [0.15, 0.2) is 22.7 Å². The molecule has 0 atom stereocenters. The van der Waals surface area contributed by atoms with Gasteiger partial charge in [-0.25, -0.2) is 0 Å². The van der Waals surface area contributed by atoms with E-state index in [1.54, 1.807) is 0 Å². The summed E-state index contributed by atoms with van der Waals surface area (Å²) in [6, 6.07) is 3.36. The molecule has 0 saturated heterocycles. The van der Waals surface area contributed by atoms with E-state index in [9.17, 15) is 13.2 Å². The van der Waals surface area contributed by atoms with Crippen molar-refractivity contribution in [3.05, 3.63) is 28.0 Å². The molecule has 0 spiro atoms. The summed E-state index contributed by atoms with van der Waals surface area (Å²) < 4.78 is 45.4. The molecule has 2 aromatic rings. The molecule has 6 nitrogen and oxygen atoms in total. The molecule has 1 aromatic heterocycles. The van der Waals surface area contributed by atoms with Crippen LogP contribution in [0.25, 0.3) is 0 Å². The van der Waals surface area contributed by atoms with Gasteiger partial charge in [-0.3, -0.25) is 0 Å². The van der Waals surface area contributed by atoms with Gasteiger partial charge in [0, 0.05) is 0 Å². The number of hydrogen-bond acceptors (Lipinski definition) is 6. The summed E-state index contributed by atoms with van der Waals surface area (Å²) >= 11 is 8.50. The molecule has 21 heavy (non-hydrogen) atoms. The van der Waals surface area contributed by atoms with Gasteiger partial charge in [0.2, 0.25) is 11.2 Å². The standard InChI is InChI=1S/C10H5BrClF3N4O2/c11-5-3-4(1-2-6(5)21-10(13,14)15)20-9-18-7(12)17-8(16)19-9/h1-3H,(H2,16,17,18,19). The zero-order valence-electron chi connectivity index (χ0n) is 9.86. The van der Waals surface area contributed by atoms with Gasteiger partial charge in [0.1, 0.15) is 11.5 Å². The Morgan fingerprint density at radius 2 is 1.90 bits per heavy atom. The second kappa shape index (κ2) is 5.90. The molecule has 0 fully saturated rings. The summed E-state index contributed by atoms with van der Waals surface area (Å²) in [7, 11) is 0. The quantitative estimate of drug-likeness (QED) is 0.870. The third-order valence-electron chi connectivity index (χ3n) is 1.94. The predicted octanol–water partition coefficient (Wildman–Crippen LogP) is 3.56. The van der Waals surface area contributed by atoms with Crippen LogP contribution in [0.4, 0.5) is 19.1 Å². The maximum Gasteiger partial charge on any atom is 0.573 e. The average molecular weight is 386 g/mol. The van der Waals surface area contributed by atoms with Crippen LogP contribution >= 0.6 is 27.5 Å². The molecule has 0 radical (unpaired) electrons. The molecule has 2 rings (SSSR count). The number of anilines is 1. The SMILES string of the molecule is Nc1nc(Cl)nc(Oc2ccc(OC(F)(F)F)c(Br)c2)n1. The van der Waals surface area contributed by atoms with Crippen molar-refractivity contribution in [2.45, 2.75) is 6.36 Å². The van der Waals surface area contributed by atoms with Crippen molar-refractivity contribution in [1.82, 2.24) is 15.0 Å². The van der Waals surface area contributed by atoms with Gasteiger partial charge in [-0.1, -0.05) is 0 Å². The van der Waals surface area contributed by atoms with Gasteiger partial charge in [-0.2, -0.15) is 15.0 Å². The summed E-state index contributed by atoms with van der Waals surface area (Å²) in [4.78, 5) is 10.9. The zero-order valence-corrected chi connectivity index (χ0v) is 12.2. The molecule has 1 aromatic carbocycles. The molecule has 11 heteroatoms. The zero-order chi connectivity index (χ0) is 15.6. The number of alkyl halides is 3. The molecule has 0 aliphatic rings. The van der Waals surface area contributed by atoms with E-state index in [4.69, 9.17) is 22.1 Å². The monoisotopic (exact) mass is 384 g/mol. The second-order valence-electron chi connectivity index (χ2n) is 3.49. The fraction of sp³-hybridized carbons (Fsp3) is 0.100. The van der Waals surface area contributed by atoms with E-state index in [0.29, 0.717) is 0 Å². The van der Waals surface area contributed by atoms with Gasteiger partial charge in [-0.15, -0.1) is 13.2 Å². The predicted molar refractivity (Wildman–Crippen MR) is 70.1 cm³/mol. The van der Waals surface area contributed by atoms with E-state index in [1.807, 2.05) is 0 Å². The van der Waals surface area contributed by atoms with Crippen LogP contribution in [0.5, 0.6) is 17.5 Å². The van der Waals surface area contributed by atoms with Crippen molar-refractivity contribution >= 4 is 33.5 Å². The molecule has 0 bridgehead atoms. The van der Waals surface area contributed by atoms with Crippen LogP contribution < -0.4 is 15.2 Å². The van der Waals surface area contributed by atoms with Crippen LogP contribution in [0, 0.1) is 0 Å². The third kappa shape index (κ3) is 4.60. The summed E-state index contributed by atoms with van der Waals surface area (Å²) in [6.07, 6.45) is -4.79. The summed E-state index contributed by atoms with van der Waals surface area (Å²) in [5.41, 5.74) is 5.36. The van der Waals surface area contributed by atoms with E-state index < -0.39 is 12.1 Å². The van der Waals surface area contributed by atoms with Gasteiger partial charge in [0.05, 0.1) is 4.47 Å². The van der Waals surface area contributed by atoms with Gasteiger partial charge in [-0.05, 0) is 45.7 Å². The minimum atomic E-state index is -4.79. The highest BCUT2D eigenvalue weighted by Crippen LogP contribution is 2.34. The number of nitrogens with two attached hydrogens (primary N) is 1. The highest BCUT2D eigenvalue weighted by Gasteiger charge is 2.32. The second-order valence-corrected chi connectivity index (χ2v) is 4.68. The summed E-state index contributed by atoms with van der Waals surface area (Å²) in [5.74, 6) is -0.415. The van der Waals surface area contributed by atoms with E-state index in [1.165, 1.54) is 12.1 Å². The van der Waals surface area contributed by atoms with Crippen LogP contribution in [0.2, 0.25) is 5.28 Å². The topological polar surface area (TPSA) is 83.2 Å². The number of nitrogen functional groups attached to an aromatic ring is 1. The lowest BCUT2D eigenvalue weighted by atomic mass is 10.3. The smallest absolute Gasteiger partial charge is 0.424 e. The van der Waals surface area contributed by atoms with Crippen molar-refractivity contribution in [3.63, 3.8) is 0 Å². The van der Waals surface area contributed by atoms with Crippen LogP contribution in [0.3, 0.4) is 0 Å². The van der Waals surface area contributed by atoms with E-state index in [2.05, 4.69) is 35.6 Å². The Hall–Kier alpha value is -1.81. The van der Waals surface area contributed by atoms with Gasteiger partial charge in [0.25, 0.3) is 0 Å². The molecule has 1 heterocycles. The first-order valence-electron chi connectivity index (χ1n) is 5.13. The Balaban J connectivity index is 2.20. The lowest BCUT2D eigenvalue weighted by molar-refractivity contribution is -0.274. The minimum absolute atomic E-state index is 0.0328. The maximum atomic E-state index is 12.1. The largest absolute Gasteiger partial charge is 0.573 e. The highest BCUT2D eigenvalue weighted by atomic mass is 79.9. The van der Waals surface area contributed by atoms with Crippen molar-refractivity contribution in [2.75, 3.05) is 5.73 Å². The lowest BCUT2D eigenvalue weighted by Gasteiger charge is -2.11. The van der Waals surface area contributed by atoms with Crippen molar-refractivity contribution < 1.29 is 22.6 Å². The number of aromatic nitrogens is 3. The fourth-order valence-corrected chi connectivity index (χ4v) is 1.85. The van der Waals surface area contributed by atoms with E-state index >= 15 is 0 Å². The highest BCUT2D eigenvalue weighted by molar-refractivity contribution is 9.10. The third-order valence-corrected chi connectivity index (χ3v) is 2.73. The Bertz CT molecular complexity index is 651. The number of rotatable bonds is 3. The molecule has 0 aliphatic carbocycles. The molecule has 2 N–H and O–H groups in total. The Morgan fingerprint density at radius 3 is 2.48 bits per heavy atom. The number of halogens is 5. The van der Waals surface area contributed by atoms with E-state index in [-0.39, 0.29) is 27.5 Å². The van der Waals surface area contributed by atoms with Crippen LogP contribution in [0.1, 0.15) is 0 Å². The minimum Gasteiger partial charge on any atom is -0.424 e. The Morgan fingerprint density at radius 1 is 1.19 bits per heavy atom. The van der Waals surface area contributed by atoms with Crippen molar-refractivity contribution in [1.29, 1.82) is 0 Å². The fourth-order valence-electron chi connectivity index (χ4n) is 1.25. The molecule has 0 amide bonds. The summed E-state index contributed by atoms with van der Waals surface area (Å²) in [5, 5.41) is -0.173. The van der Waals surface area contributed by atoms with Gasteiger partial charge >= 0.3 is 12.4 Å². The summed E-state index contributed by atoms with van der Waals surface area (Å²) in [6.45, 7) is 0. The van der Waals surface area contributed by atoms with Crippen LogP contribution in [-0.2, 0) is 0 Å². The average Bonchev–Trinajstić information content (AvgIpc) is 2.30. The molecule has 0 saturated carbocycles. The number of hydrogen-bond donors (Lipinski definition) is 1. The van der Waals surface area contributed by atoms with Crippen LogP contribution in [-0.4, -0.2) is 21.3 Å². The van der Waals surface area contributed by atoms with Crippen molar-refractivity contribution in [3.8, 4) is 17.5 Å². The molecule has 0 unspecified atom stereocenters. The van der Waals surface area contributed by atoms with E-state index in [0.717, 1.165) is 6.07 Å². The first kappa shape index (κ1) is 15.6. The molecular weight excluding hydrogens is 380 g/mol. The Labute approximate surface area is 129 Å². The molecular formula is C10H5BrClF3N4O2. The number of ether oxygens (including phenoxy) is 2. The first-order chi connectivity index (χ1) is 9.73. The lowest BCUT2D eigenvalue weighted by Crippen LogP contribution is -2.17. The van der Waals surface area contributed by atoms with Crippen molar-refractivity contribution in [2.24, 2.45) is 0 Å². The maximum absolute atomic E-state index is 12.1. The first-order valence-corrected chi connectivity index (χ1v) is 6.30. The van der Waals surface area contributed by atoms with Gasteiger partial charge in [0.15, 0.2) is 0 Å². The normalized spacial score (nSPS) is 11.3. The number of nitrogens with zero attached hydrogens (tertiary/aromatic N) is 3. The number of benzene rings is 1. The Kier molecular flexibility index (Phi) is 4.37. The molecule has 112 valence electrons. The molecule has 0 aliphatic heterocycles.